The van der Waals surface area contributed by atoms with E-state index in [-0.39, 0.29) is 5.91 Å². The maximum absolute atomic E-state index is 13.0. The van der Waals surface area contributed by atoms with Gasteiger partial charge in [-0.3, -0.25) is 14.5 Å². The molecule has 1 aliphatic heterocycles. The lowest BCUT2D eigenvalue weighted by Gasteiger charge is -2.36. The fourth-order valence-corrected chi connectivity index (χ4v) is 3.59. The van der Waals surface area contributed by atoms with Crippen LogP contribution in [0.25, 0.3) is 0 Å². The third-order valence-electron chi connectivity index (χ3n) is 4.30. The summed E-state index contributed by atoms with van der Waals surface area (Å²) in [7, 11) is 0. The zero-order valence-electron chi connectivity index (χ0n) is 12.8. The van der Waals surface area contributed by atoms with E-state index >= 15 is 0 Å². The van der Waals surface area contributed by atoms with Crippen LogP contribution < -0.4 is 10.6 Å². The van der Waals surface area contributed by atoms with E-state index in [1.54, 1.807) is 42.5 Å². The predicted octanol–water partition coefficient (Wildman–Crippen LogP) is 3.48. The number of anilines is 1. The van der Waals surface area contributed by atoms with Gasteiger partial charge in [-0.1, -0.05) is 55.3 Å². The number of primary amides is 1. The van der Waals surface area contributed by atoms with Crippen LogP contribution in [0.2, 0.25) is 5.02 Å². The Morgan fingerprint density at radius 2 is 1.83 bits per heavy atom. The number of carbonyl (C=O) groups excluding carboxylic acids is 2. The highest BCUT2D eigenvalue weighted by Crippen LogP contribution is 2.46. The number of para-hydroxylation sites is 1. The van der Waals surface area contributed by atoms with Crippen LogP contribution in [0.4, 0.5) is 5.69 Å². The summed E-state index contributed by atoms with van der Waals surface area (Å²) >= 11 is 6.30. The Balaban J connectivity index is 2.32. The predicted molar refractivity (Wildman–Crippen MR) is 90.5 cm³/mol. The molecule has 0 aromatic heterocycles. The molecule has 23 heavy (non-hydrogen) atoms. The number of carbonyl (C=O) groups is 2. The molecule has 5 heteroatoms. The summed E-state index contributed by atoms with van der Waals surface area (Å²) in [6.07, 6.45) is 1.14. The topological polar surface area (TPSA) is 63.4 Å². The average Bonchev–Trinajstić information content (AvgIpc) is 2.79. The summed E-state index contributed by atoms with van der Waals surface area (Å²) in [5.41, 5.74) is 6.25. The molecule has 0 saturated carbocycles. The Morgan fingerprint density at radius 3 is 2.48 bits per heavy atom. The van der Waals surface area contributed by atoms with Gasteiger partial charge >= 0.3 is 0 Å². The van der Waals surface area contributed by atoms with Gasteiger partial charge in [-0.25, -0.2) is 0 Å². The van der Waals surface area contributed by atoms with Gasteiger partial charge in [0.1, 0.15) is 0 Å². The molecule has 2 aromatic rings. The van der Waals surface area contributed by atoms with Crippen LogP contribution in [0.15, 0.2) is 48.5 Å². The second-order valence-corrected chi connectivity index (χ2v) is 6.02. The number of rotatable bonds is 4. The van der Waals surface area contributed by atoms with Crippen molar-refractivity contribution in [3.63, 3.8) is 0 Å². The van der Waals surface area contributed by atoms with Crippen molar-refractivity contribution >= 4 is 29.1 Å². The van der Waals surface area contributed by atoms with E-state index in [1.807, 2.05) is 13.0 Å². The fraction of sp³-hybridized carbons (Fsp3) is 0.222. The smallest absolute Gasteiger partial charge is 0.259 e. The summed E-state index contributed by atoms with van der Waals surface area (Å²) in [4.78, 5) is 27.0. The van der Waals surface area contributed by atoms with Crippen molar-refractivity contribution in [3.8, 4) is 0 Å². The van der Waals surface area contributed by atoms with Gasteiger partial charge in [-0.15, -0.1) is 0 Å². The molecule has 4 nitrogen and oxygen atoms in total. The van der Waals surface area contributed by atoms with Crippen molar-refractivity contribution in [2.45, 2.75) is 25.3 Å². The van der Waals surface area contributed by atoms with Gasteiger partial charge < -0.3 is 5.73 Å². The highest BCUT2D eigenvalue weighted by molar-refractivity contribution is 6.34. The average molecular weight is 329 g/mol. The van der Waals surface area contributed by atoms with Crippen molar-refractivity contribution in [2.75, 3.05) is 4.90 Å². The van der Waals surface area contributed by atoms with Crippen LogP contribution in [-0.2, 0) is 10.3 Å². The third-order valence-corrected chi connectivity index (χ3v) is 4.62. The van der Waals surface area contributed by atoms with Crippen LogP contribution in [-0.4, -0.2) is 11.8 Å². The summed E-state index contributed by atoms with van der Waals surface area (Å²) in [6.45, 7) is 1.96. The molecule has 1 unspecified atom stereocenters. The molecule has 2 N–H and O–H groups in total. The minimum atomic E-state index is -1.20. The second kappa shape index (κ2) is 5.70. The van der Waals surface area contributed by atoms with Crippen molar-refractivity contribution < 1.29 is 9.59 Å². The SMILES string of the molecule is CCCC1(C(N)=O)c2ccccc2C(=O)N1c1ccccc1Cl. The first-order valence-electron chi connectivity index (χ1n) is 7.52. The first-order chi connectivity index (χ1) is 11.0. The van der Waals surface area contributed by atoms with Crippen molar-refractivity contribution in [1.29, 1.82) is 0 Å². The van der Waals surface area contributed by atoms with Gasteiger partial charge in [0.15, 0.2) is 5.54 Å². The standard InChI is InChI=1S/C18H17ClN2O2/c1-2-11-18(17(20)23)13-8-4-3-7-12(13)16(22)21(18)15-10-6-5-9-14(15)19/h3-10H,2,11H2,1H3,(H2,20,23). The minimum Gasteiger partial charge on any atom is -0.367 e. The van der Waals surface area contributed by atoms with Gasteiger partial charge in [0, 0.05) is 11.1 Å². The Morgan fingerprint density at radius 1 is 1.17 bits per heavy atom. The van der Waals surface area contributed by atoms with Gasteiger partial charge in [-0.05, 0) is 24.6 Å². The molecule has 1 aliphatic rings. The lowest BCUT2D eigenvalue weighted by atomic mass is 9.84. The number of benzene rings is 2. The molecule has 2 amide bonds. The maximum atomic E-state index is 13.0. The molecule has 1 heterocycles. The van der Waals surface area contributed by atoms with Crippen molar-refractivity contribution in [3.05, 3.63) is 64.7 Å². The Hall–Kier alpha value is -2.33. The fourth-order valence-electron chi connectivity index (χ4n) is 3.37. The lowest BCUT2D eigenvalue weighted by molar-refractivity contribution is -0.123. The van der Waals surface area contributed by atoms with E-state index in [0.717, 1.165) is 0 Å². The second-order valence-electron chi connectivity index (χ2n) is 5.61. The summed E-state index contributed by atoms with van der Waals surface area (Å²) in [6, 6.07) is 14.1. The van der Waals surface area contributed by atoms with E-state index < -0.39 is 11.4 Å². The normalized spacial score (nSPS) is 19.7. The molecular formula is C18H17ClN2O2. The number of nitrogens with zero attached hydrogens (tertiary/aromatic N) is 1. The number of fused-ring (bicyclic) bond motifs is 1. The molecule has 1 atom stereocenters. The zero-order valence-corrected chi connectivity index (χ0v) is 13.5. The molecule has 118 valence electrons. The van der Waals surface area contributed by atoms with Crippen LogP contribution in [0.1, 0.15) is 35.7 Å². The molecule has 2 aromatic carbocycles. The van der Waals surface area contributed by atoms with Crippen LogP contribution in [0.5, 0.6) is 0 Å². The van der Waals surface area contributed by atoms with Gasteiger partial charge in [0.2, 0.25) is 5.91 Å². The van der Waals surface area contributed by atoms with E-state index in [4.69, 9.17) is 17.3 Å². The Labute approximate surface area is 139 Å². The van der Waals surface area contributed by atoms with E-state index in [0.29, 0.717) is 34.7 Å². The van der Waals surface area contributed by atoms with Gasteiger partial charge in [-0.2, -0.15) is 0 Å². The number of nitrogens with two attached hydrogens (primary N) is 1. The first-order valence-corrected chi connectivity index (χ1v) is 7.90. The summed E-state index contributed by atoms with van der Waals surface area (Å²) in [5.74, 6) is -0.793. The number of halogens is 1. The highest BCUT2D eigenvalue weighted by atomic mass is 35.5. The van der Waals surface area contributed by atoms with E-state index in [1.165, 1.54) is 4.90 Å². The molecule has 3 rings (SSSR count). The van der Waals surface area contributed by atoms with Gasteiger partial charge in [0.05, 0.1) is 10.7 Å². The summed E-state index contributed by atoms with van der Waals surface area (Å²) in [5, 5.41) is 0.412. The highest BCUT2D eigenvalue weighted by Gasteiger charge is 2.54. The lowest BCUT2D eigenvalue weighted by Crippen LogP contribution is -2.53. The third kappa shape index (κ3) is 2.13. The molecule has 0 saturated heterocycles. The van der Waals surface area contributed by atoms with Crippen molar-refractivity contribution in [1.82, 2.24) is 0 Å². The van der Waals surface area contributed by atoms with Crippen LogP contribution in [0.3, 0.4) is 0 Å². The molecule has 0 radical (unpaired) electrons. The Kier molecular flexibility index (Phi) is 3.86. The minimum absolute atomic E-state index is 0.249. The molecule has 0 spiro atoms. The monoisotopic (exact) mass is 328 g/mol. The quantitative estimate of drug-likeness (QED) is 0.933. The number of hydrogen-bond acceptors (Lipinski definition) is 2. The number of hydrogen-bond donors (Lipinski definition) is 1. The molecule has 0 bridgehead atoms. The number of amides is 2. The van der Waals surface area contributed by atoms with Gasteiger partial charge in [0.25, 0.3) is 5.91 Å². The molecule has 0 aliphatic carbocycles. The van der Waals surface area contributed by atoms with Crippen LogP contribution >= 0.6 is 11.6 Å². The molecule has 0 fully saturated rings. The zero-order chi connectivity index (χ0) is 16.6. The van der Waals surface area contributed by atoms with E-state index in [9.17, 15) is 9.59 Å². The van der Waals surface area contributed by atoms with E-state index in [2.05, 4.69) is 0 Å². The molecular weight excluding hydrogens is 312 g/mol. The maximum Gasteiger partial charge on any atom is 0.259 e. The van der Waals surface area contributed by atoms with Crippen LogP contribution in [0, 0.1) is 0 Å². The van der Waals surface area contributed by atoms with Crippen molar-refractivity contribution in [2.24, 2.45) is 5.73 Å². The largest absolute Gasteiger partial charge is 0.367 e. The Bertz CT molecular complexity index is 790. The first kappa shape index (κ1) is 15.6. The summed E-state index contributed by atoms with van der Waals surface area (Å²) < 4.78 is 0.